The fourth-order valence-electron chi connectivity index (χ4n) is 3.49. The van der Waals surface area contributed by atoms with Gasteiger partial charge < -0.3 is 14.4 Å². The summed E-state index contributed by atoms with van der Waals surface area (Å²) in [5.41, 5.74) is 0.405. The number of likely N-dealkylation sites (N-methyl/N-ethyl adjacent to an activating group) is 1. The van der Waals surface area contributed by atoms with E-state index in [1.807, 2.05) is 0 Å². The van der Waals surface area contributed by atoms with E-state index in [1.165, 1.54) is 6.42 Å². The van der Waals surface area contributed by atoms with Gasteiger partial charge in [0.15, 0.2) is 11.5 Å². The fraction of sp³-hybridized carbons (Fsp3) is 0.611. The van der Waals surface area contributed by atoms with Crippen molar-refractivity contribution in [1.82, 2.24) is 4.90 Å². The topological polar surface area (TPSA) is 76.2 Å². The van der Waals surface area contributed by atoms with Gasteiger partial charge >= 0.3 is 0 Å². The molecule has 0 saturated heterocycles. The van der Waals surface area contributed by atoms with Gasteiger partial charge in [-0.25, -0.2) is 8.42 Å². The van der Waals surface area contributed by atoms with E-state index < -0.39 is 10.0 Å². The standard InChI is InChI=1S/C18H26N2O5S/c1-19(14-6-4-3-5-7-14)18(21)13-20(26(2,22)23)15-8-9-16-17(12-15)25-11-10-24-16/h8-9,12,14H,3-7,10-11,13H2,1-2H3. The molecule has 0 aromatic heterocycles. The maximum atomic E-state index is 12.7. The van der Waals surface area contributed by atoms with Gasteiger partial charge in [0.2, 0.25) is 15.9 Å². The smallest absolute Gasteiger partial charge is 0.243 e. The Morgan fingerprint density at radius 1 is 1.12 bits per heavy atom. The third kappa shape index (κ3) is 4.23. The summed E-state index contributed by atoms with van der Waals surface area (Å²) in [6, 6.07) is 5.13. The van der Waals surface area contributed by atoms with Crippen molar-refractivity contribution in [3.63, 3.8) is 0 Å². The molecule has 0 bridgehead atoms. The maximum absolute atomic E-state index is 12.7. The molecule has 1 aromatic carbocycles. The van der Waals surface area contributed by atoms with E-state index in [0.29, 0.717) is 30.4 Å². The molecule has 8 heteroatoms. The maximum Gasteiger partial charge on any atom is 0.243 e. The number of amides is 1. The minimum atomic E-state index is -3.61. The Kier molecular flexibility index (Phi) is 5.60. The van der Waals surface area contributed by atoms with Crippen LogP contribution in [0.4, 0.5) is 5.69 Å². The Balaban J connectivity index is 1.79. The van der Waals surface area contributed by atoms with Crippen molar-refractivity contribution >= 4 is 21.6 Å². The molecular formula is C18H26N2O5S. The number of carbonyl (C=O) groups is 1. The summed E-state index contributed by atoms with van der Waals surface area (Å²) in [6.45, 7) is 0.664. The highest BCUT2D eigenvalue weighted by atomic mass is 32.2. The van der Waals surface area contributed by atoms with Gasteiger partial charge in [0.05, 0.1) is 11.9 Å². The Bertz CT molecular complexity index is 759. The van der Waals surface area contributed by atoms with Crippen LogP contribution in [0.1, 0.15) is 32.1 Å². The number of rotatable bonds is 5. The first-order valence-electron chi connectivity index (χ1n) is 8.99. The average Bonchev–Trinajstić information content (AvgIpc) is 2.64. The molecule has 3 rings (SSSR count). The van der Waals surface area contributed by atoms with E-state index >= 15 is 0 Å². The highest BCUT2D eigenvalue weighted by molar-refractivity contribution is 7.92. The van der Waals surface area contributed by atoms with Crippen molar-refractivity contribution in [3.05, 3.63) is 18.2 Å². The van der Waals surface area contributed by atoms with Gasteiger partial charge in [-0.05, 0) is 25.0 Å². The number of fused-ring (bicyclic) bond motifs is 1. The molecule has 0 N–H and O–H groups in total. The molecule has 1 heterocycles. The molecule has 1 fully saturated rings. The summed E-state index contributed by atoms with van der Waals surface area (Å²) in [5, 5.41) is 0. The quantitative estimate of drug-likeness (QED) is 0.779. The second kappa shape index (κ2) is 7.73. The molecule has 26 heavy (non-hydrogen) atoms. The first kappa shape index (κ1) is 18.8. The lowest BCUT2D eigenvalue weighted by atomic mass is 9.94. The van der Waals surface area contributed by atoms with Crippen LogP contribution in [0.3, 0.4) is 0 Å². The summed E-state index contributed by atoms with van der Waals surface area (Å²) < 4.78 is 36.8. The Labute approximate surface area is 154 Å². The first-order valence-corrected chi connectivity index (χ1v) is 10.8. The van der Waals surface area contributed by atoms with E-state index in [1.54, 1.807) is 30.1 Å². The van der Waals surface area contributed by atoms with Crippen LogP contribution in [-0.2, 0) is 14.8 Å². The van der Waals surface area contributed by atoms with Crippen LogP contribution < -0.4 is 13.8 Å². The minimum Gasteiger partial charge on any atom is -0.486 e. The summed E-state index contributed by atoms with van der Waals surface area (Å²) in [4.78, 5) is 14.4. The monoisotopic (exact) mass is 382 g/mol. The van der Waals surface area contributed by atoms with E-state index in [2.05, 4.69) is 0 Å². The fourth-order valence-corrected chi connectivity index (χ4v) is 4.34. The van der Waals surface area contributed by atoms with Crippen LogP contribution in [0.25, 0.3) is 0 Å². The minimum absolute atomic E-state index is 0.193. The molecular weight excluding hydrogens is 356 g/mol. The van der Waals surface area contributed by atoms with Gasteiger partial charge in [-0.15, -0.1) is 0 Å². The molecule has 0 spiro atoms. The van der Waals surface area contributed by atoms with Crippen LogP contribution in [0.2, 0.25) is 0 Å². The van der Waals surface area contributed by atoms with Crippen LogP contribution in [0, 0.1) is 0 Å². The van der Waals surface area contributed by atoms with E-state index in [-0.39, 0.29) is 18.5 Å². The van der Waals surface area contributed by atoms with Gasteiger partial charge in [-0.2, -0.15) is 0 Å². The normalized spacial score (nSPS) is 17.6. The molecule has 1 amide bonds. The lowest BCUT2D eigenvalue weighted by Crippen LogP contribution is -2.45. The molecule has 0 unspecified atom stereocenters. The van der Waals surface area contributed by atoms with Crippen molar-refractivity contribution in [2.24, 2.45) is 0 Å². The zero-order valence-electron chi connectivity index (χ0n) is 15.3. The average molecular weight is 382 g/mol. The summed E-state index contributed by atoms with van der Waals surface area (Å²) in [6.07, 6.45) is 6.49. The largest absolute Gasteiger partial charge is 0.486 e. The predicted molar refractivity (Wildman–Crippen MR) is 99.3 cm³/mol. The molecule has 144 valence electrons. The summed E-state index contributed by atoms with van der Waals surface area (Å²) in [7, 11) is -1.85. The predicted octanol–water partition coefficient (Wildman–Crippen LogP) is 2.01. The second-order valence-electron chi connectivity index (χ2n) is 6.89. The molecule has 1 aliphatic carbocycles. The highest BCUT2D eigenvalue weighted by Gasteiger charge is 2.28. The molecule has 1 saturated carbocycles. The molecule has 1 aliphatic heterocycles. The third-order valence-corrected chi connectivity index (χ3v) is 6.15. The summed E-state index contributed by atoms with van der Waals surface area (Å²) in [5.74, 6) is 0.881. The van der Waals surface area contributed by atoms with Crippen molar-refractivity contribution in [2.45, 2.75) is 38.1 Å². The third-order valence-electron chi connectivity index (χ3n) is 5.01. The van der Waals surface area contributed by atoms with Crippen LogP contribution >= 0.6 is 0 Å². The number of hydrogen-bond donors (Lipinski definition) is 0. The van der Waals surface area contributed by atoms with Crippen molar-refractivity contribution in [3.8, 4) is 11.5 Å². The van der Waals surface area contributed by atoms with Crippen LogP contribution in [0.15, 0.2) is 18.2 Å². The van der Waals surface area contributed by atoms with Crippen LogP contribution in [0.5, 0.6) is 11.5 Å². The van der Waals surface area contributed by atoms with Gasteiger partial charge in [0.25, 0.3) is 0 Å². The Hall–Kier alpha value is -1.96. The molecule has 2 aliphatic rings. The van der Waals surface area contributed by atoms with Crippen LogP contribution in [-0.4, -0.2) is 58.3 Å². The van der Waals surface area contributed by atoms with Gasteiger partial charge in [0.1, 0.15) is 19.8 Å². The number of anilines is 1. The Morgan fingerprint density at radius 2 is 1.77 bits per heavy atom. The van der Waals surface area contributed by atoms with E-state index in [9.17, 15) is 13.2 Å². The number of benzene rings is 1. The number of ether oxygens (including phenoxy) is 2. The van der Waals surface area contributed by atoms with Gasteiger partial charge in [-0.3, -0.25) is 9.10 Å². The first-order chi connectivity index (χ1) is 12.4. The molecule has 1 aromatic rings. The molecule has 0 radical (unpaired) electrons. The lowest BCUT2D eigenvalue weighted by molar-refractivity contribution is -0.130. The second-order valence-corrected chi connectivity index (χ2v) is 8.80. The lowest BCUT2D eigenvalue weighted by Gasteiger charge is -2.33. The highest BCUT2D eigenvalue weighted by Crippen LogP contribution is 2.34. The molecule has 7 nitrogen and oxygen atoms in total. The zero-order chi connectivity index (χ0) is 18.7. The van der Waals surface area contributed by atoms with E-state index in [0.717, 1.165) is 36.2 Å². The summed E-state index contributed by atoms with van der Waals surface area (Å²) >= 11 is 0. The van der Waals surface area contributed by atoms with Crippen molar-refractivity contribution < 1.29 is 22.7 Å². The number of nitrogens with zero attached hydrogens (tertiary/aromatic N) is 2. The number of hydrogen-bond acceptors (Lipinski definition) is 5. The van der Waals surface area contributed by atoms with Crippen molar-refractivity contribution in [2.75, 3.05) is 37.4 Å². The van der Waals surface area contributed by atoms with Gasteiger partial charge in [0, 0.05) is 19.2 Å². The number of carbonyl (C=O) groups excluding carboxylic acids is 1. The van der Waals surface area contributed by atoms with E-state index in [4.69, 9.17) is 9.47 Å². The Morgan fingerprint density at radius 3 is 2.42 bits per heavy atom. The SMILES string of the molecule is CN(C(=O)CN(c1ccc2c(c1)OCCO2)S(C)(=O)=O)C1CCCCC1. The van der Waals surface area contributed by atoms with Gasteiger partial charge in [-0.1, -0.05) is 19.3 Å². The van der Waals surface area contributed by atoms with Crippen molar-refractivity contribution in [1.29, 1.82) is 0 Å². The number of sulfonamides is 1. The zero-order valence-corrected chi connectivity index (χ0v) is 16.1. The molecule has 0 atom stereocenters.